The van der Waals surface area contributed by atoms with E-state index in [9.17, 15) is 9.90 Å². The normalized spacial score (nSPS) is 26.1. The molecule has 2 bridgehead atoms. The number of benzene rings is 1. The van der Waals surface area contributed by atoms with E-state index in [0.29, 0.717) is 11.6 Å². The van der Waals surface area contributed by atoms with Gasteiger partial charge in [0.25, 0.3) is 0 Å². The Morgan fingerprint density at radius 2 is 2.17 bits per heavy atom. The molecule has 5 rings (SSSR count). The number of piperidine rings is 3. The highest BCUT2D eigenvalue weighted by Gasteiger charge is 2.33. The molecule has 3 aliphatic rings. The van der Waals surface area contributed by atoms with Crippen LogP contribution in [-0.2, 0) is 13.5 Å². The second-order valence-electron chi connectivity index (χ2n) is 7.02. The third-order valence-electron chi connectivity index (χ3n) is 5.61. The number of fused-ring (bicyclic) bond motifs is 4. The minimum absolute atomic E-state index is 0.346. The number of nitrogens with zero attached hydrogens (tertiary/aromatic N) is 3. The third-order valence-corrected chi connectivity index (χ3v) is 5.61. The molecule has 2 aromatic rings. The smallest absolute Gasteiger partial charge is 0.336 e. The lowest BCUT2D eigenvalue weighted by molar-refractivity contribution is 0.0699. The standard InChI is InChI=1S/C18H24N4O2/c1-21-16-4-2-3-13(18(23)24)17(16)14(20-21)5-8-19-15-11-22-9-6-12(15)7-10-22/h2-4,12,15,19H,5-11H2,1H3,(H,23,24). The largest absolute Gasteiger partial charge is 0.478 e. The first kappa shape index (κ1) is 15.6. The average molecular weight is 328 g/mol. The van der Waals surface area contributed by atoms with Crippen molar-refractivity contribution in [1.82, 2.24) is 20.0 Å². The summed E-state index contributed by atoms with van der Waals surface area (Å²) in [4.78, 5) is 14.1. The van der Waals surface area contributed by atoms with Crippen LogP contribution in [0.3, 0.4) is 0 Å². The quantitative estimate of drug-likeness (QED) is 0.870. The first-order valence-corrected chi connectivity index (χ1v) is 8.77. The monoisotopic (exact) mass is 328 g/mol. The van der Waals surface area contributed by atoms with Gasteiger partial charge in [0, 0.05) is 38.0 Å². The number of aromatic carboxylic acids is 1. The second-order valence-corrected chi connectivity index (χ2v) is 7.02. The van der Waals surface area contributed by atoms with Crippen molar-refractivity contribution in [3.63, 3.8) is 0 Å². The highest BCUT2D eigenvalue weighted by Crippen LogP contribution is 2.27. The summed E-state index contributed by atoms with van der Waals surface area (Å²) in [6.45, 7) is 4.48. The number of aryl methyl sites for hydroxylation is 1. The molecule has 3 aliphatic heterocycles. The number of carbonyl (C=O) groups is 1. The molecule has 0 amide bonds. The van der Waals surface area contributed by atoms with Crippen molar-refractivity contribution in [3.8, 4) is 0 Å². The van der Waals surface area contributed by atoms with Gasteiger partial charge in [-0.2, -0.15) is 5.10 Å². The molecule has 24 heavy (non-hydrogen) atoms. The molecule has 4 heterocycles. The lowest BCUT2D eigenvalue weighted by Crippen LogP contribution is -2.56. The molecule has 0 aliphatic carbocycles. The maximum atomic E-state index is 11.5. The number of aromatic nitrogens is 2. The summed E-state index contributed by atoms with van der Waals surface area (Å²) in [6.07, 6.45) is 3.35. The fourth-order valence-corrected chi connectivity index (χ4v) is 4.32. The first-order chi connectivity index (χ1) is 11.6. The number of carboxylic acids is 1. The molecular weight excluding hydrogens is 304 g/mol. The predicted octanol–water partition coefficient (Wildman–Crippen LogP) is 1.50. The Morgan fingerprint density at radius 3 is 2.83 bits per heavy atom. The minimum Gasteiger partial charge on any atom is -0.478 e. The van der Waals surface area contributed by atoms with Crippen LogP contribution in [0.15, 0.2) is 18.2 Å². The van der Waals surface area contributed by atoms with E-state index in [1.807, 2.05) is 13.1 Å². The fourth-order valence-electron chi connectivity index (χ4n) is 4.32. The van der Waals surface area contributed by atoms with Gasteiger partial charge in [-0.15, -0.1) is 0 Å². The van der Waals surface area contributed by atoms with Gasteiger partial charge in [-0.1, -0.05) is 6.07 Å². The molecule has 0 saturated carbocycles. The number of nitrogens with one attached hydrogen (secondary N) is 1. The Morgan fingerprint density at radius 1 is 1.38 bits per heavy atom. The van der Waals surface area contributed by atoms with Crippen LogP contribution in [0.2, 0.25) is 0 Å². The fraction of sp³-hybridized carbons (Fsp3) is 0.556. The molecule has 1 aromatic carbocycles. The minimum atomic E-state index is -0.889. The van der Waals surface area contributed by atoms with Gasteiger partial charge >= 0.3 is 5.97 Å². The Labute approximate surface area is 141 Å². The van der Waals surface area contributed by atoms with Crippen molar-refractivity contribution in [3.05, 3.63) is 29.5 Å². The van der Waals surface area contributed by atoms with Crippen molar-refractivity contribution in [1.29, 1.82) is 0 Å². The van der Waals surface area contributed by atoms with Crippen LogP contribution in [-0.4, -0.2) is 58.0 Å². The van der Waals surface area contributed by atoms with Gasteiger partial charge in [0.15, 0.2) is 0 Å². The molecule has 128 valence electrons. The van der Waals surface area contributed by atoms with Gasteiger partial charge in [0.2, 0.25) is 0 Å². The Bertz CT molecular complexity index is 762. The van der Waals surface area contributed by atoms with Crippen molar-refractivity contribution in [2.45, 2.75) is 25.3 Å². The van der Waals surface area contributed by atoms with Crippen molar-refractivity contribution in [2.24, 2.45) is 13.0 Å². The zero-order valence-corrected chi connectivity index (χ0v) is 14.0. The molecule has 0 radical (unpaired) electrons. The van der Waals surface area contributed by atoms with Crippen LogP contribution < -0.4 is 5.32 Å². The van der Waals surface area contributed by atoms with Crippen LogP contribution in [0.5, 0.6) is 0 Å². The molecule has 1 aromatic heterocycles. The number of rotatable bonds is 5. The van der Waals surface area contributed by atoms with E-state index in [-0.39, 0.29) is 0 Å². The van der Waals surface area contributed by atoms with Crippen LogP contribution >= 0.6 is 0 Å². The Kier molecular flexibility index (Phi) is 4.02. The van der Waals surface area contributed by atoms with E-state index in [0.717, 1.165) is 42.0 Å². The first-order valence-electron chi connectivity index (χ1n) is 8.77. The van der Waals surface area contributed by atoms with Crippen molar-refractivity contribution >= 4 is 16.9 Å². The summed E-state index contributed by atoms with van der Waals surface area (Å²) in [5.74, 6) is -0.0924. The van der Waals surface area contributed by atoms with E-state index in [4.69, 9.17) is 0 Å². The SMILES string of the molecule is Cn1nc(CCNC2CN3CCC2CC3)c2c(C(=O)O)cccc21. The van der Waals surface area contributed by atoms with Crippen LogP contribution in [0.25, 0.3) is 10.9 Å². The van der Waals surface area contributed by atoms with Crippen LogP contribution in [0.4, 0.5) is 0 Å². The van der Waals surface area contributed by atoms with E-state index in [2.05, 4.69) is 15.3 Å². The van der Waals surface area contributed by atoms with Gasteiger partial charge in [-0.05, 0) is 44.0 Å². The molecular formula is C18H24N4O2. The summed E-state index contributed by atoms with van der Waals surface area (Å²) < 4.78 is 1.78. The van der Waals surface area contributed by atoms with Gasteiger partial charge in [-0.25, -0.2) is 4.79 Å². The summed E-state index contributed by atoms with van der Waals surface area (Å²) in [6, 6.07) is 5.94. The van der Waals surface area contributed by atoms with Gasteiger partial charge < -0.3 is 15.3 Å². The molecule has 0 spiro atoms. The molecule has 3 saturated heterocycles. The topological polar surface area (TPSA) is 70.4 Å². The highest BCUT2D eigenvalue weighted by molar-refractivity contribution is 6.03. The van der Waals surface area contributed by atoms with Crippen LogP contribution in [0.1, 0.15) is 28.9 Å². The summed E-state index contributed by atoms with van der Waals surface area (Å²) in [5, 5.41) is 18.5. The Hall–Kier alpha value is -1.92. The predicted molar refractivity (Wildman–Crippen MR) is 92.3 cm³/mol. The summed E-state index contributed by atoms with van der Waals surface area (Å²) in [7, 11) is 1.87. The molecule has 1 unspecified atom stereocenters. The molecule has 3 fully saturated rings. The maximum Gasteiger partial charge on any atom is 0.336 e. The van der Waals surface area contributed by atoms with Crippen LogP contribution in [0, 0.1) is 5.92 Å². The molecule has 1 atom stereocenters. The second kappa shape index (κ2) is 6.18. The average Bonchev–Trinajstić information content (AvgIpc) is 2.92. The number of carboxylic acid groups (broad SMARTS) is 1. The lowest BCUT2D eigenvalue weighted by Gasteiger charge is -2.45. The third kappa shape index (κ3) is 2.70. The highest BCUT2D eigenvalue weighted by atomic mass is 16.4. The number of hydrogen-bond donors (Lipinski definition) is 2. The van der Waals surface area contributed by atoms with E-state index in [1.54, 1.807) is 16.8 Å². The number of hydrogen-bond acceptors (Lipinski definition) is 4. The lowest BCUT2D eigenvalue weighted by atomic mass is 9.84. The van der Waals surface area contributed by atoms with Gasteiger partial charge in [-0.3, -0.25) is 4.68 Å². The molecule has 6 nitrogen and oxygen atoms in total. The van der Waals surface area contributed by atoms with Gasteiger partial charge in [0.05, 0.1) is 16.8 Å². The van der Waals surface area contributed by atoms with Crippen molar-refractivity contribution in [2.75, 3.05) is 26.2 Å². The van der Waals surface area contributed by atoms with E-state index in [1.165, 1.54) is 25.9 Å². The molecule has 6 heteroatoms. The zero-order valence-electron chi connectivity index (χ0n) is 14.0. The molecule has 2 N–H and O–H groups in total. The van der Waals surface area contributed by atoms with E-state index < -0.39 is 5.97 Å². The maximum absolute atomic E-state index is 11.5. The van der Waals surface area contributed by atoms with Crippen molar-refractivity contribution < 1.29 is 9.90 Å². The Balaban J connectivity index is 1.49. The summed E-state index contributed by atoms with van der Waals surface area (Å²) >= 11 is 0. The zero-order chi connectivity index (χ0) is 16.7. The van der Waals surface area contributed by atoms with Gasteiger partial charge in [0.1, 0.15) is 0 Å². The summed E-state index contributed by atoms with van der Waals surface area (Å²) in [5.41, 5.74) is 2.10. The van der Waals surface area contributed by atoms with E-state index >= 15 is 0 Å².